The summed E-state index contributed by atoms with van der Waals surface area (Å²) in [6, 6.07) is 7.33. The van der Waals surface area contributed by atoms with Crippen molar-refractivity contribution in [1.29, 1.82) is 0 Å². The van der Waals surface area contributed by atoms with Gasteiger partial charge in [-0.25, -0.2) is 4.79 Å². The standard InChI is InChI=1S/C24H34N4O4/c1-16(2)14-28-22(25)21(23(31)26(3)24(28)32)20(30)15-27-12-10-18(11-13-27)5-4-17-6-8-19(29)9-7-17/h6-9,16,18,29H,4-5,10-15,25H2,1-3H3. The number of rotatable bonds is 8. The molecule has 32 heavy (non-hydrogen) atoms. The van der Waals surface area contributed by atoms with Crippen LogP contribution in [0, 0.1) is 11.8 Å². The molecule has 0 radical (unpaired) electrons. The summed E-state index contributed by atoms with van der Waals surface area (Å²) in [6.07, 6.45) is 4.02. The van der Waals surface area contributed by atoms with E-state index in [0.717, 1.165) is 43.3 Å². The van der Waals surface area contributed by atoms with Gasteiger partial charge in [0.05, 0.1) is 6.54 Å². The van der Waals surface area contributed by atoms with Crippen LogP contribution < -0.4 is 17.0 Å². The molecule has 0 saturated carbocycles. The minimum Gasteiger partial charge on any atom is -0.508 e. The predicted molar refractivity (Wildman–Crippen MR) is 125 cm³/mol. The third kappa shape index (κ3) is 5.48. The summed E-state index contributed by atoms with van der Waals surface area (Å²) < 4.78 is 2.30. The largest absolute Gasteiger partial charge is 0.508 e. The van der Waals surface area contributed by atoms with E-state index in [4.69, 9.17) is 5.73 Å². The molecule has 0 aliphatic carbocycles. The number of aromatic nitrogens is 2. The van der Waals surface area contributed by atoms with E-state index in [9.17, 15) is 19.5 Å². The van der Waals surface area contributed by atoms with Crippen LogP contribution in [0.5, 0.6) is 5.75 Å². The van der Waals surface area contributed by atoms with E-state index in [2.05, 4.69) is 4.90 Å². The second-order valence-electron chi connectivity index (χ2n) is 9.26. The highest BCUT2D eigenvalue weighted by atomic mass is 16.3. The molecule has 0 bridgehead atoms. The lowest BCUT2D eigenvalue weighted by Crippen LogP contribution is -2.45. The molecule has 2 heterocycles. The van der Waals surface area contributed by atoms with Crippen LogP contribution in [-0.4, -0.2) is 44.6 Å². The van der Waals surface area contributed by atoms with Crippen LogP contribution in [0.3, 0.4) is 0 Å². The van der Waals surface area contributed by atoms with Crippen molar-refractivity contribution in [3.63, 3.8) is 0 Å². The number of likely N-dealkylation sites (tertiary alicyclic amines) is 1. The first-order valence-electron chi connectivity index (χ1n) is 11.3. The van der Waals surface area contributed by atoms with Crippen molar-refractivity contribution < 1.29 is 9.90 Å². The maximum absolute atomic E-state index is 13.0. The number of phenolic OH excluding ortho intramolecular Hbond substituents is 1. The highest BCUT2D eigenvalue weighted by Crippen LogP contribution is 2.23. The molecule has 1 aliphatic rings. The number of carbonyl (C=O) groups is 1. The van der Waals surface area contributed by atoms with Gasteiger partial charge in [-0.1, -0.05) is 26.0 Å². The highest BCUT2D eigenvalue weighted by molar-refractivity contribution is 6.01. The summed E-state index contributed by atoms with van der Waals surface area (Å²) in [6.45, 7) is 5.96. The third-order valence-electron chi connectivity index (χ3n) is 6.26. The van der Waals surface area contributed by atoms with Crippen LogP contribution in [0.1, 0.15) is 49.0 Å². The Labute approximate surface area is 188 Å². The van der Waals surface area contributed by atoms with E-state index in [0.29, 0.717) is 12.5 Å². The van der Waals surface area contributed by atoms with E-state index in [1.54, 1.807) is 12.1 Å². The predicted octanol–water partition coefficient (Wildman–Crippen LogP) is 2.02. The Kier molecular flexibility index (Phi) is 7.56. The normalized spacial score (nSPS) is 15.4. The number of anilines is 1. The SMILES string of the molecule is CC(C)Cn1c(N)c(C(=O)CN2CCC(CCc3ccc(O)cc3)CC2)c(=O)n(C)c1=O. The third-order valence-corrected chi connectivity index (χ3v) is 6.26. The van der Waals surface area contributed by atoms with Crippen molar-refractivity contribution in [2.45, 2.75) is 46.1 Å². The zero-order valence-electron chi connectivity index (χ0n) is 19.2. The molecular weight excluding hydrogens is 408 g/mol. The second-order valence-corrected chi connectivity index (χ2v) is 9.26. The summed E-state index contributed by atoms with van der Waals surface area (Å²) >= 11 is 0. The van der Waals surface area contributed by atoms with Crippen LogP contribution in [0.25, 0.3) is 0 Å². The number of Topliss-reactive ketones (excluding diaryl/α,β-unsaturated/α-hetero) is 1. The van der Waals surface area contributed by atoms with E-state index in [1.165, 1.54) is 17.2 Å². The van der Waals surface area contributed by atoms with Gasteiger partial charge in [-0.3, -0.25) is 23.6 Å². The van der Waals surface area contributed by atoms with Gasteiger partial charge in [0.25, 0.3) is 5.56 Å². The monoisotopic (exact) mass is 442 g/mol. The lowest BCUT2D eigenvalue weighted by molar-refractivity contribution is 0.0891. The number of phenols is 1. The molecule has 8 heteroatoms. The zero-order valence-corrected chi connectivity index (χ0v) is 19.2. The molecule has 1 aromatic carbocycles. The number of aromatic hydroxyl groups is 1. The first kappa shape index (κ1) is 23.8. The molecule has 1 fully saturated rings. The fourth-order valence-corrected chi connectivity index (χ4v) is 4.34. The van der Waals surface area contributed by atoms with Crippen molar-refractivity contribution in [2.24, 2.45) is 18.9 Å². The summed E-state index contributed by atoms with van der Waals surface area (Å²) in [5.41, 5.74) is 6.14. The molecule has 1 saturated heterocycles. The molecule has 1 aromatic heterocycles. The van der Waals surface area contributed by atoms with Crippen LogP contribution in [0.15, 0.2) is 33.9 Å². The number of hydrogen-bond acceptors (Lipinski definition) is 6. The Balaban J connectivity index is 1.61. The fraction of sp³-hybridized carbons (Fsp3) is 0.542. The van der Waals surface area contributed by atoms with E-state index in [1.807, 2.05) is 26.0 Å². The van der Waals surface area contributed by atoms with E-state index >= 15 is 0 Å². The van der Waals surface area contributed by atoms with Gasteiger partial charge in [0.1, 0.15) is 17.1 Å². The number of nitrogen functional groups attached to an aromatic ring is 1. The van der Waals surface area contributed by atoms with Gasteiger partial charge in [-0.15, -0.1) is 0 Å². The van der Waals surface area contributed by atoms with Crippen LogP contribution in [-0.2, 0) is 20.0 Å². The maximum atomic E-state index is 13.0. The Morgan fingerprint density at radius 1 is 1.16 bits per heavy atom. The topological polar surface area (TPSA) is 111 Å². The first-order valence-corrected chi connectivity index (χ1v) is 11.3. The average molecular weight is 443 g/mol. The molecule has 3 N–H and O–H groups in total. The van der Waals surface area contributed by atoms with Crippen LogP contribution in [0.2, 0.25) is 0 Å². The number of nitrogens with two attached hydrogens (primary N) is 1. The minimum atomic E-state index is -0.624. The Morgan fingerprint density at radius 2 is 1.78 bits per heavy atom. The number of ketones is 1. The molecule has 1 aliphatic heterocycles. The fourth-order valence-electron chi connectivity index (χ4n) is 4.34. The van der Waals surface area contributed by atoms with Crippen molar-refractivity contribution in [3.05, 3.63) is 56.2 Å². The Hall–Kier alpha value is -2.87. The Morgan fingerprint density at radius 3 is 2.38 bits per heavy atom. The number of hydrogen-bond donors (Lipinski definition) is 2. The lowest BCUT2D eigenvalue weighted by Gasteiger charge is -2.31. The number of carbonyl (C=O) groups excluding carboxylic acids is 1. The summed E-state index contributed by atoms with van der Waals surface area (Å²) in [4.78, 5) is 40.1. The van der Waals surface area contributed by atoms with Gasteiger partial charge in [-0.05, 0) is 68.3 Å². The number of piperidine rings is 1. The molecular formula is C24H34N4O4. The first-order chi connectivity index (χ1) is 15.2. The molecule has 2 aromatic rings. The molecule has 3 rings (SSSR count). The molecule has 0 spiro atoms. The molecule has 0 unspecified atom stereocenters. The Bertz CT molecular complexity index is 1060. The van der Waals surface area contributed by atoms with E-state index in [-0.39, 0.29) is 35.4 Å². The van der Waals surface area contributed by atoms with Gasteiger partial charge >= 0.3 is 5.69 Å². The molecule has 0 atom stereocenters. The van der Waals surface area contributed by atoms with Gasteiger partial charge in [0.2, 0.25) is 0 Å². The number of aryl methyl sites for hydroxylation is 1. The second kappa shape index (κ2) is 10.2. The molecule has 0 amide bonds. The number of nitrogens with zero attached hydrogens (tertiary/aromatic N) is 3. The molecule has 8 nitrogen and oxygen atoms in total. The quantitative estimate of drug-likeness (QED) is 0.605. The summed E-state index contributed by atoms with van der Waals surface area (Å²) in [5.74, 6) is 0.655. The molecule has 174 valence electrons. The average Bonchev–Trinajstić information content (AvgIpc) is 2.76. The van der Waals surface area contributed by atoms with Crippen molar-refractivity contribution >= 4 is 11.6 Å². The smallest absolute Gasteiger partial charge is 0.332 e. The van der Waals surface area contributed by atoms with Gasteiger partial charge in [0.15, 0.2) is 5.78 Å². The van der Waals surface area contributed by atoms with Crippen molar-refractivity contribution in [3.8, 4) is 5.75 Å². The summed E-state index contributed by atoms with van der Waals surface area (Å²) in [7, 11) is 1.39. The van der Waals surface area contributed by atoms with Crippen molar-refractivity contribution in [1.82, 2.24) is 14.0 Å². The van der Waals surface area contributed by atoms with Gasteiger partial charge in [0, 0.05) is 13.6 Å². The van der Waals surface area contributed by atoms with E-state index < -0.39 is 11.2 Å². The van der Waals surface area contributed by atoms with Crippen LogP contribution in [0.4, 0.5) is 5.82 Å². The summed E-state index contributed by atoms with van der Waals surface area (Å²) in [5, 5.41) is 9.39. The lowest BCUT2D eigenvalue weighted by atomic mass is 9.90. The van der Waals surface area contributed by atoms with Crippen molar-refractivity contribution in [2.75, 3.05) is 25.4 Å². The minimum absolute atomic E-state index is 0.0272. The maximum Gasteiger partial charge on any atom is 0.332 e. The van der Waals surface area contributed by atoms with Crippen LogP contribution >= 0.6 is 0 Å². The van der Waals surface area contributed by atoms with Gasteiger partial charge < -0.3 is 10.8 Å². The zero-order chi connectivity index (χ0) is 23.4. The highest BCUT2D eigenvalue weighted by Gasteiger charge is 2.26. The van der Waals surface area contributed by atoms with Gasteiger partial charge in [-0.2, -0.15) is 0 Å². The number of benzene rings is 1.